The van der Waals surface area contributed by atoms with E-state index in [-0.39, 0.29) is 10.8 Å². The van der Waals surface area contributed by atoms with Crippen molar-refractivity contribution in [3.8, 4) is 5.75 Å². The molecule has 0 aliphatic heterocycles. The minimum atomic E-state index is -1.25. The zero-order valence-corrected chi connectivity index (χ0v) is 13.6. The van der Waals surface area contributed by atoms with Gasteiger partial charge in [-0.3, -0.25) is 4.79 Å². The van der Waals surface area contributed by atoms with Gasteiger partial charge in [0.25, 0.3) is 5.91 Å². The maximum Gasteiger partial charge on any atom is 0.330 e. The van der Waals surface area contributed by atoms with Gasteiger partial charge in [0.2, 0.25) is 0 Å². The smallest absolute Gasteiger partial charge is 0.330 e. The Morgan fingerprint density at radius 1 is 1.30 bits per heavy atom. The largest absolute Gasteiger partial charge is 0.495 e. The Kier molecular flexibility index (Phi) is 4.95. The summed E-state index contributed by atoms with van der Waals surface area (Å²) in [7, 11) is 1.46. The molecule has 2 N–H and O–H groups in total. The number of ether oxygens (including phenoxy) is 1. The van der Waals surface area contributed by atoms with Crippen LogP contribution in [0, 0.1) is 13.8 Å². The summed E-state index contributed by atoms with van der Waals surface area (Å²) in [6.45, 7) is 3.42. The van der Waals surface area contributed by atoms with Crippen molar-refractivity contribution in [1.82, 2.24) is 5.32 Å². The monoisotopic (exact) mass is 337 g/mol. The van der Waals surface area contributed by atoms with Gasteiger partial charge in [0, 0.05) is 5.56 Å². The van der Waals surface area contributed by atoms with Crippen molar-refractivity contribution >= 4 is 23.5 Å². The van der Waals surface area contributed by atoms with Crippen LogP contribution in [0.2, 0.25) is 5.02 Å². The van der Waals surface area contributed by atoms with Crippen LogP contribution in [0.5, 0.6) is 5.75 Å². The Bertz CT molecular complexity index is 753. The molecule has 1 atom stereocenters. The first-order valence-electron chi connectivity index (χ1n) is 6.77. The first kappa shape index (κ1) is 16.9. The number of carboxylic acid groups (broad SMARTS) is 1. The molecule has 0 aliphatic rings. The topological polar surface area (TPSA) is 88.8 Å². The molecule has 0 spiro atoms. The number of rotatable bonds is 5. The van der Waals surface area contributed by atoms with Crippen molar-refractivity contribution in [1.29, 1.82) is 0 Å². The number of hydrogen-bond donors (Lipinski definition) is 2. The molecule has 0 bridgehead atoms. The average molecular weight is 338 g/mol. The van der Waals surface area contributed by atoms with Crippen LogP contribution in [-0.4, -0.2) is 24.1 Å². The van der Waals surface area contributed by atoms with E-state index in [1.54, 1.807) is 26.0 Å². The van der Waals surface area contributed by atoms with E-state index in [9.17, 15) is 14.7 Å². The third-order valence-corrected chi connectivity index (χ3v) is 3.57. The number of aryl methyl sites for hydroxylation is 2. The predicted octanol–water partition coefficient (Wildman–Crippen LogP) is 3.11. The van der Waals surface area contributed by atoms with Crippen LogP contribution in [-0.2, 0) is 4.79 Å². The normalized spacial score (nSPS) is 11.8. The lowest BCUT2D eigenvalue weighted by molar-refractivity contribution is -0.139. The van der Waals surface area contributed by atoms with E-state index in [1.807, 2.05) is 0 Å². The maximum atomic E-state index is 12.2. The van der Waals surface area contributed by atoms with Gasteiger partial charge in [-0.2, -0.15) is 0 Å². The Hall–Kier alpha value is -2.47. The van der Waals surface area contributed by atoms with Gasteiger partial charge in [0.15, 0.2) is 11.8 Å². The molecule has 1 aromatic heterocycles. The third kappa shape index (κ3) is 3.65. The van der Waals surface area contributed by atoms with Crippen LogP contribution in [0.3, 0.4) is 0 Å². The van der Waals surface area contributed by atoms with Crippen LogP contribution < -0.4 is 10.1 Å². The molecule has 0 saturated carbocycles. The van der Waals surface area contributed by atoms with Crippen molar-refractivity contribution in [2.75, 3.05) is 7.11 Å². The minimum absolute atomic E-state index is 0.0911. The summed E-state index contributed by atoms with van der Waals surface area (Å²) >= 11 is 6.01. The summed E-state index contributed by atoms with van der Waals surface area (Å²) in [6, 6.07) is 4.97. The number of furan rings is 1. The SMILES string of the molecule is COc1ccc(C(NC(=O)c2oc(C)cc2C)C(=O)O)cc1Cl. The second-order valence-corrected chi connectivity index (χ2v) is 5.42. The van der Waals surface area contributed by atoms with Gasteiger partial charge in [-0.05, 0) is 37.6 Å². The van der Waals surface area contributed by atoms with Gasteiger partial charge < -0.3 is 19.6 Å². The fourth-order valence-electron chi connectivity index (χ4n) is 2.21. The van der Waals surface area contributed by atoms with Crippen LogP contribution in [0.25, 0.3) is 0 Å². The van der Waals surface area contributed by atoms with Crippen molar-refractivity contribution in [3.63, 3.8) is 0 Å². The molecule has 0 aliphatic carbocycles. The molecular formula is C16H16ClNO5. The molecule has 23 heavy (non-hydrogen) atoms. The summed E-state index contributed by atoms with van der Waals surface area (Å²) in [4.78, 5) is 23.8. The Balaban J connectivity index is 2.29. The number of methoxy groups -OCH3 is 1. The summed E-state index contributed by atoms with van der Waals surface area (Å²) in [5, 5.41) is 12.1. The number of carbonyl (C=O) groups excluding carboxylic acids is 1. The van der Waals surface area contributed by atoms with E-state index in [2.05, 4.69) is 5.32 Å². The number of aliphatic carboxylic acids is 1. The summed E-state index contributed by atoms with van der Waals surface area (Å²) in [5.74, 6) is -0.723. The number of carboxylic acids is 1. The lowest BCUT2D eigenvalue weighted by Crippen LogP contribution is -2.33. The zero-order chi connectivity index (χ0) is 17.1. The van der Waals surface area contributed by atoms with Crippen molar-refractivity contribution < 1.29 is 23.8 Å². The number of amides is 1. The molecule has 6 nitrogen and oxygen atoms in total. The highest BCUT2D eigenvalue weighted by Crippen LogP contribution is 2.28. The van der Waals surface area contributed by atoms with Crippen LogP contribution in [0.1, 0.15) is 33.5 Å². The Labute approximate surface area is 138 Å². The molecule has 1 aromatic carbocycles. The first-order valence-corrected chi connectivity index (χ1v) is 7.15. The standard InChI is InChI=1S/C16H16ClNO5/c1-8-6-9(2)23-14(8)15(19)18-13(16(20)21)10-4-5-12(22-3)11(17)7-10/h4-7,13H,1-3H3,(H,18,19)(H,20,21). The van der Waals surface area contributed by atoms with E-state index in [1.165, 1.54) is 19.2 Å². The number of halogens is 1. The summed E-state index contributed by atoms with van der Waals surface area (Å²) in [5.41, 5.74) is 0.967. The number of nitrogens with one attached hydrogen (secondary N) is 1. The minimum Gasteiger partial charge on any atom is -0.495 e. The molecule has 2 rings (SSSR count). The molecule has 1 heterocycles. The van der Waals surface area contributed by atoms with E-state index < -0.39 is 17.9 Å². The van der Waals surface area contributed by atoms with E-state index >= 15 is 0 Å². The highest BCUT2D eigenvalue weighted by molar-refractivity contribution is 6.32. The van der Waals surface area contributed by atoms with Gasteiger partial charge in [-0.15, -0.1) is 0 Å². The third-order valence-electron chi connectivity index (χ3n) is 3.28. The Morgan fingerprint density at radius 2 is 2.00 bits per heavy atom. The fourth-order valence-corrected chi connectivity index (χ4v) is 2.48. The van der Waals surface area contributed by atoms with Crippen LogP contribution in [0.4, 0.5) is 0 Å². The summed E-state index contributed by atoms with van der Waals surface area (Å²) in [6.07, 6.45) is 0. The Morgan fingerprint density at radius 3 is 2.48 bits per heavy atom. The van der Waals surface area contributed by atoms with Gasteiger partial charge in [0.1, 0.15) is 11.5 Å². The second-order valence-electron chi connectivity index (χ2n) is 5.01. The van der Waals surface area contributed by atoms with E-state index in [0.717, 1.165) is 0 Å². The highest BCUT2D eigenvalue weighted by atomic mass is 35.5. The fraction of sp³-hybridized carbons (Fsp3) is 0.250. The van der Waals surface area contributed by atoms with Crippen LogP contribution in [0.15, 0.2) is 28.7 Å². The van der Waals surface area contributed by atoms with Crippen LogP contribution >= 0.6 is 11.6 Å². The molecule has 1 amide bonds. The van der Waals surface area contributed by atoms with E-state index in [4.69, 9.17) is 20.8 Å². The zero-order valence-electron chi connectivity index (χ0n) is 12.8. The highest BCUT2D eigenvalue weighted by Gasteiger charge is 2.25. The molecule has 1 unspecified atom stereocenters. The van der Waals surface area contributed by atoms with Gasteiger partial charge in [-0.25, -0.2) is 4.79 Å². The molecule has 0 fully saturated rings. The molecule has 0 radical (unpaired) electrons. The predicted molar refractivity (Wildman–Crippen MR) is 84.0 cm³/mol. The number of benzene rings is 1. The van der Waals surface area contributed by atoms with E-state index in [0.29, 0.717) is 22.6 Å². The lowest BCUT2D eigenvalue weighted by Gasteiger charge is -2.15. The summed E-state index contributed by atoms with van der Waals surface area (Å²) < 4.78 is 10.3. The lowest BCUT2D eigenvalue weighted by atomic mass is 10.1. The second kappa shape index (κ2) is 6.75. The molecule has 2 aromatic rings. The molecule has 0 saturated heterocycles. The average Bonchev–Trinajstić information content (AvgIpc) is 2.83. The van der Waals surface area contributed by atoms with Gasteiger partial charge in [-0.1, -0.05) is 17.7 Å². The van der Waals surface area contributed by atoms with Gasteiger partial charge >= 0.3 is 5.97 Å². The number of carbonyl (C=O) groups is 2. The first-order chi connectivity index (χ1) is 10.8. The quantitative estimate of drug-likeness (QED) is 0.875. The number of hydrogen-bond acceptors (Lipinski definition) is 4. The van der Waals surface area contributed by atoms with Crippen molar-refractivity contribution in [3.05, 3.63) is 51.9 Å². The maximum absolute atomic E-state index is 12.2. The molecule has 7 heteroatoms. The van der Waals surface area contributed by atoms with Gasteiger partial charge in [0.05, 0.1) is 12.1 Å². The van der Waals surface area contributed by atoms with Crippen molar-refractivity contribution in [2.24, 2.45) is 0 Å². The molecule has 122 valence electrons. The molecular weight excluding hydrogens is 322 g/mol. The van der Waals surface area contributed by atoms with Crippen molar-refractivity contribution in [2.45, 2.75) is 19.9 Å².